The molecule has 3 aromatic rings. The van der Waals surface area contributed by atoms with E-state index in [2.05, 4.69) is 51.7 Å². The normalized spacial score (nSPS) is 14.9. The van der Waals surface area contributed by atoms with E-state index in [0.29, 0.717) is 6.61 Å². The Morgan fingerprint density at radius 1 is 1.00 bits per heavy atom. The molecule has 1 aromatic carbocycles. The van der Waals surface area contributed by atoms with Crippen LogP contribution in [0.5, 0.6) is 0 Å². The minimum Gasteiger partial charge on any atom is -0.396 e. The molecule has 4 heteroatoms. The third kappa shape index (κ3) is 4.54. The predicted molar refractivity (Wildman–Crippen MR) is 120 cm³/mol. The van der Waals surface area contributed by atoms with Gasteiger partial charge in [0.1, 0.15) is 0 Å². The average Bonchev–Trinajstić information content (AvgIpc) is 2.85. The molecule has 0 spiro atoms. The van der Waals surface area contributed by atoms with Crippen molar-refractivity contribution in [2.24, 2.45) is 0 Å². The third-order valence-electron chi connectivity index (χ3n) is 6.26. The van der Waals surface area contributed by atoms with E-state index in [-0.39, 0.29) is 0 Å². The van der Waals surface area contributed by atoms with Crippen LogP contribution in [0.3, 0.4) is 0 Å². The lowest BCUT2D eigenvalue weighted by atomic mass is 10.1. The van der Waals surface area contributed by atoms with Crippen molar-refractivity contribution in [1.82, 2.24) is 14.5 Å². The minimum atomic E-state index is 0.302. The Bertz CT molecular complexity index is 958. The highest BCUT2D eigenvalue weighted by Crippen LogP contribution is 2.30. The summed E-state index contributed by atoms with van der Waals surface area (Å²) < 4.78 is 2.57. The lowest BCUT2D eigenvalue weighted by Gasteiger charge is -2.20. The first-order valence-electron chi connectivity index (χ1n) is 11.0. The number of aliphatic hydroxyl groups is 1. The fourth-order valence-corrected chi connectivity index (χ4v) is 4.61. The number of pyridine rings is 1. The van der Waals surface area contributed by atoms with Crippen molar-refractivity contribution in [3.63, 3.8) is 0 Å². The third-order valence-corrected chi connectivity index (χ3v) is 6.26. The van der Waals surface area contributed by atoms with Gasteiger partial charge in [-0.25, -0.2) is 0 Å². The number of fused-ring (bicyclic) bond motifs is 3. The molecule has 0 amide bonds. The van der Waals surface area contributed by atoms with Crippen LogP contribution in [0, 0.1) is 13.8 Å². The Balaban J connectivity index is 1.60. The molecule has 1 aliphatic rings. The van der Waals surface area contributed by atoms with Crippen LogP contribution in [0.2, 0.25) is 0 Å². The van der Waals surface area contributed by atoms with Crippen molar-refractivity contribution in [1.29, 1.82) is 0 Å². The van der Waals surface area contributed by atoms with Gasteiger partial charge >= 0.3 is 0 Å². The standard InChI is InChI=1S/C25H33N3O/c1-19-5-8-24-23(17-19)22-10-13-27(12-3-4-16-29)14-11-25(22)28(24)15-9-21-7-6-20(2)26-18-21/h5-8,17-18,29H,3-4,9-16H2,1-2H3. The Labute approximate surface area is 174 Å². The molecule has 0 saturated carbocycles. The molecule has 1 N–H and O–H groups in total. The zero-order valence-corrected chi connectivity index (χ0v) is 17.8. The highest BCUT2D eigenvalue weighted by molar-refractivity contribution is 5.86. The molecule has 0 radical (unpaired) electrons. The quantitative estimate of drug-likeness (QED) is 0.617. The molecule has 29 heavy (non-hydrogen) atoms. The van der Waals surface area contributed by atoms with Gasteiger partial charge in [0, 0.05) is 61.1 Å². The van der Waals surface area contributed by atoms with Gasteiger partial charge in [-0.1, -0.05) is 17.7 Å². The number of rotatable bonds is 7. The van der Waals surface area contributed by atoms with Crippen molar-refractivity contribution < 1.29 is 5.11 Å². The maximum Gasteiger partial charge on any atom is 0.0485 e. The smallest absolute Gasteiger partial charge is 0.0485 e. The van der Waals surface area contributed by atoms with E-state index >= 15 is 0 Å². The Morgan fingerprint density at radius 3 is 2.66 bits per heavy atom. The van der Waals surface area contributed by atoms with Crippen LogP contribution in [0.25, 0.3) is 10.9 Å². The fraction of sp³-hybridized carbons (Fsp3) is 0.480. The van der Waals surface area contributed by atoms with E-state index in [9.17, 15) is 0 Å². The van der Waals surface area contributed by atoms with Crippen LogP contribution >= 0.6 is 0 Å². The first-order chi connectivity index (χ1) is 14.2. The van der Waals surface area contributed by atoms with E-state index < -0.39 is 0 Å². The van der Waals surface area contributed by atoms with Crippen LogP contribution in [-0.4, -0.2) is 45.8 Å². The molecular formula is C25H33N3O. The molecule has 0 bridgehead atoms. The molecule has 154 valence electrons. The second-order valence-corrected chi connectivity index (χ2v) is 8.43. The highest BCUT2D eigenvalue weighted by Gasteiger charge is 2.21. The van der Waals surface area contributed by atoms with Gasteiger partial charge in [0.15, 0.2) is 0 Å². The van der Waals surface area contributed by atoms with Gasteiger partial charge in [0.2, 0.25) is 0 Å². The van der Waals surface area contributed by atoms with Crippen molar-refractivity contribution in [3.05, 3.63) is 64.6 Å². The van der Waals surface area contributed by atoms with Crippen molar-refractivity contribution in [3.8, 4) is 0 Å². The molecule has 0 atom stereocenters. The largest absolute Gasteiger partial charge is 0.396 e. The lowest BCUT2D eigenvalue weighted by molar-refractivity contribution is 0.247. The molecule has 2 aromatic heterocycles. The zero-order chi connectivity index (χ0) is 20.2. The second-order valence-electron chi connectivity index (χ2n) is 8.43. The van der Waals surface area contributed by atoms with Gasteiger partial charge in [0.25, 0.3) is 0 Å². The summed E-state index contributed by atoms with van der Waals surface area (Å²) in [6, 6.07) is 11.2. The number of aryl methyl sites for hydroxylation is 4. The number of hydrogen-bond donors (Lipinski definition) is 1. The Morgan fingerprint density at radius 2 is 1.86 bits per heavy atom. The van der Waals surface area contributed by atoms with E-state index in [4.69, 9.17) is 5.11 Å². The summed E-state index contributed by atoms with van der Waals surface area (Å²) in [5.41, 5.74) is 8.17. The van der Waals surface area contributed by atoms with Crippen LogP contribution in [-0.2, 0) is 25.8 Å². The molecule has 4 rings (SSSR count). The number of hydrogen-bond acceptors (Lipinski definition) is 3. The van der Waals surface area contributed by atoms with Gasteiger partial charge in [-0.3, -0.25) is 4.98 Å². The van der Waals surface area contributed by atoms with Gasteiger partial charge in [-0.15, -0.1) is 0 Å². The Hall–Kier alpha value is -2.17. The topological polar surface area (TPSA) is 41.3 Å². The van der Waals surface area contributed by atoms with Crippen LogP contribution in [0.15, 0.2) is 36.5 Å². The van der Waals surface area contributed by atoms with E-state index in [1.54, 1.807) is 5.56 Å². The van der Waals surface area contributed by atoms with E-state index in [0.717, 1.165) is 64.0 Å². The van der Waals surface area contributed by atoms with Crippen LogP contribution < -0.4 is 0 Å². The highest BCUT2D eigenvalue weighted by atomic mass is 16.2. The molecule has 4 nitrogen and oxygen atoms in total. The number of benzene rings is 1. The molecule has 1 aliphatic heterocycles. The number of aromatic nitrogens is 2. The maximum atomic E-state index is 9.08. The first-order valence-corrected chi connectivity index (χ1v) is 11.0. The molecule has 0 aliphatic carbocycles. The molecule has 0 saturated heterocycles. The maximum absolute atomic E-state index is 9.08. The van der Waals surface area contributed by atoms with Gasteiger partial charge in [0.05, 0.1) is 0 Å². The minimum absolute atomic E-state index is 0.302. The van der Waals surface area contributed by atoms with E-state index in [1.807, 2.05) is 13.1 Å². The average molecular weight is 392 g/mol. The van der Waals surface area contributed by atoms with Crippen molar-refractivity contribution in [2.45, 2.75) is 52.5 Å². The van der Waals surface area contributed by atoms with Crippen LogP contribution in [0.4, 0.5) is 0 Å². The summed E-state index contributed by atoms with van der Waals surface area (Å²) >= 11 is 0. The number of aliphatic hydroxyl groups excluding tert-OH is 1. The summed E-state index contributed by atoms with van der Waals surface area (Å²) in [7, 11) is 0. The number of nitrogens with zero attached hydrogens (tertiary/aromatic N) is 3. The SMILES string of the molecule is Cc1ccc2c(c1)c1c(n2CCc2ccc(C)nc2)CCN(CCCCO)CC1. The summed E-state index contributed by atoms with van der Waals surface area (Å²) in [5.74, 6) is 0. The first kappa shape index (κ1) is 20.1. The summed E-state index contributed by atoms with van der Waals surface area (Å²) in [5, 5.41) is 10.5. The van der Waals surface area contributed by atoms with Crippen molar-refractivity contribution in [2.75, 3.05) is 26.2 Å². The summed E-state index contributed by atoms with van der Waals surface area (Å²) in [4.78, 5) is 7.04. The van der Waals surface area contributed by atoms with E-state index in [1.165, 1.54) is 27.7 Å². The Kier molecular flexibility index (Phi) is 6.31. The zero-order valence-electron chi connectivity index (χ0n) is 17.8. The van der Waals surface area contributed by atoms with Gasteiger partial charge in [-0.2, -0.15) is 0 Å². The predicted octanol–water partition coefficient (Wildman–Crippen LogP) is 4.07. The number of unbranched alkanes of at least 4 members (excludes halogenated alkanes) is 1. The fourth-order valence-electron chi connectivity index (χ4n) is 4.61. The second kappa shape index (κ2) is 9.10. The molecule has 0 fully saturated rings. The molecular weight excluding hydrogens is 358 g/mol. The summed E-state index contributed by atoms with van der Waals surface area (Å²) in [6.07, 6.45) is 7.25. The monoisotopic (exact) mass is 391 g/mol. The van der Waals surface area contributed by atoms with Crippen LogP contribution in [0.1, 0.15) is 40.9 Å². The molecule has 3 heterocycles. The lowest BCUT2D eigenvalue weighted by Crippen LogP contribution is -2.28. The van der Waals surface area contributed by atoms with Crippen molar-refractivity contribution >= 4 is 10.9 Å². The summed E-state index contributed by atoms with van der Waals surface area (Å²) in [6.45, 7) is 8.86. The van der Waals surface area contributed by atoms with Gasteiger partial charge < -0.3 is 14.6 Å². The molecule has 0 unspecified atom stereocenters. The van der Waals surface area contributed by atoms with Gasteiger partial charge in [-0.05, 0) is 75.4 Å².